The number of methoxy groups -OCH3 is 1. The number of nitrogens with zero attached hydrogens (tertiary/aromatic N) is 3. The van der Waals surface area contributed by atoms with E-state index in [1.165, 1.54) is 0 Å². The lowest BCUT2D eigenvalue weighted by molar-refractivity contribution is -0.0824. The number of likely N-dealkylation sites (tertiary alicyclic amines) is 1. The van der Waals surface area contributed by atoms with Gasteiger partial charge in [-0.05, 0) is 31.9 Å². The Kier molecular flexibility index (Phi) is 5.38. The lowest BCUT2D eigenvalue weighted by Gasteiger charge is -2.41. The SMILES string of the molecule is CCn1cc(C(=O)N2CCCC(COc3ccccc3)(OC)C2)cn1. The molecule has 0 spiro atoms. The Morgan fingerprint density at radius 3 is 2.80 bits per heavy atom. The number of para-hydroxylation sites is 1. The number of carbonyl (C=O) groups excluding carboxylic acids is 1. The summed E-state index contributed by atoms with van der Waals surface area (Å²) in [5.41, 5.74) is 0.141. The van der Waals surface area contributed by atoms with Gasteiger partial charge in [0.1, 0.15) is 18.0 Å². The molecule has 3 rings (SSSR count). The molecule has 6 nitrogen and oxygen atoms in total. The lowest BCUT2D eigenvalue weighted by Crippen LogP contribution is -2.54. The van der Waals surface area contributed by atoms with Crippen molar-refractivity contribution in [2.75, 3.05) is 26.8 Å². The molecule has 1 aliphatic heterocycles. The molecular formula is C19H25N3O3. The number of amides is 1. The number of carbonyl (C=O) groups is 1. The average molecular weight is 343 g/mol. The van der Waals surface area contributed by atoms with Gasteiger partial charge in [-0.15, -0.1) is 0 Å². The molecule has 0 saturated carbocycles. The molecular weight excluding hydrogens is 318 g/mol. The number of piperidine rings is 1. The summed E-state index contributed by atoms with van der Waals surface area (Å²) in [4.78, 5) is 14.6. The van der Waals surface area contributed by atoms with Crippen molar-refractivity contribution < 1.29 is 14.3 Å². The van der Waals surface area contributed by atoms with Crippen LogP contribution in [0.1, 0.15) is 30.1 Å². The topological polar surface area (TPSA) is 56.6 Å². The third-order valence-electron chi connectivity index (χ3n) is 4.71. The van der Waals surface area contributed by atoms with Crippen molar-refractivity contribution in [2.45, 2.75) is 31.9 Å². The highest BCUT2D eigenvalue weighted by Gasteiger charge is 2.38. The molecule has 1 unspecified atom stereocenters. The minimum absolute atomic E-state index is 0.000496. The minimum Gasteiger partial charge on any atom is -0.491 e. The van der Waals surface area contributed by atoms with Crippen LogP contribution in [-0.2, 0) is 11.3 Å². The molecule has 1 fully saturated rings. The van der Waals surface area contributed by atoms with Gasteiger partial charge < -0.3 is 14.4 Å². The lowest BCUT2D eigenvalue weighted by atomic mass is 9.93. The summed E-state index contributed by atoms with van der Waals surface area (Å²) in [5, 5.41) is 4.20. The zero-order valence-electron chi connectivity index (χ0n) is 14.9. The normalized spacial score (nSPS) is 20.5. The number of rotatable bonds is 6. The van der Waals surface area contributed by atoms with E-state index in [4.69, 9.17) is 9.47 Å². The second-order valence-electron chi connectivity index (χ2n) is 6.40. The van der Waals surface area contributed by atoms with E-state index in [1.807, 2.05) is 42.2 Å². The van der Waals surface area contributed by atoms with Crippen molar-refractivity contribution in [2.24, 2.45) is 0 Å². The first kappa shape index (κ1) is 17.5. The monoisotopic (exact) mass is 343 g/mol. The molecule has 1 amide bonds. The highest BCUT2D eigenvalue weighted by molar-refractivity contribution is 5.93. The van der Waals surface area contributed by atoms with E-state index in [0.29, 0.717) is 18.7 Å². The zero-order chi connectivity index (χ0) is 17.7. The van der Waals surface area contributed by atoms with Gasteiger partial charge >= 0.3 is 0 Å². The summed E-state index contributed by atoms with van der Waals surface area (Å²) in [6.45, 7) is 4.42. The first-order valence-electron chi connectivity index (χ1n) is 8.70. The summed E-state index contributed by atoms with van der Waals surface area (Å²) >= 11 is 0. The van der Waals surface area contributed by atoms with Gasteiger partial charge in [-0.3, -0.25) is 9.48 Å². The third kappa shape index (κ3) is 4.02. The number of hydrogen-bond acceptors (Lipinski definition) is 4. The summed E-state index contributed by atoms with van der Waals surface area (Å²) in [6, 6.07) is 9.69. The third-order valence-corrected chi connectivity index (χ3v) is 4.71. The summed E-state index contributed by atoms with van der Waals surface area (Å²) in [6.07, 6.45) is 5.19. The molecule has 0 N–H and O–H groups in total. The summed E-state index contributed by atoms with van der Waals surface area (Å²) in [7, 11) is 1.69. The Morgan fingerprint density at radius 2 is 2.12 bits per heavy atom. The molecule has 2 heterocycles. The van der Waals surface area contributed by atoms with Crippen molar-refractivity contribution in [3.05, 3.63) is 48.3 Å². The molecule has 1 aliphatic rings. The first-order valence-corrected chi connectivity index (χ1v) is 8.70. The molecule has 134 valence electrons. The summed E-state index contributed by atoms with van der Waals surface area (Å²) in [5.74, 6) is 0.812. The Morgan fingerprint density at radius 1 is 1.32 bits per heavy atom. The van der Waals surface area contributed by atoms with E-state index >= 15 is 0 Å². The van der Waals surface area contributed by atoms with Crippen LogP contribution in [0.4, 0.5) is 0 Å². The van der Waals surface area contributed by atoms with Gasteiger partial charge in [-0.25, -0.2) is 0 Å². The van der Waals surface area contributed by atoms with Crippen LogP contribution in [0, 0.1) is 0 Å². The molecule has 0 radical (unpaired) electrons. The number of aromatic nitrogens is 2. The van der Waals surface area contributed by atoms with Crippen LogP contribution in [0.3, 0.4) is 0 Å². The van der Waals surface area contributed by atoms with E-state index in [-0.39, 0.29) is 5.91 Å². The number of hydrogen-bond donors (Lipinski definition) is 0. The fraction of sp³-hybridized carbons (Fsp3) is 0.474. The second-order valence-corrected chi connectivity index (χ2v) is 6.40. The minimum atomic E-state index is -0.482. The molecule has 1 aromatic heterocycles. The molecule has 1 atom stereocenters. The van der Waals surface area contributed by atoms with Crippen LogP contribution in [0.5, 0.6) is 5.75 Å². The van der Waals surface area contributed by atoms with Gasteiger partial charge in [0.25, 0.3) is 5.91 Å². The molecule has 1 aromatic carbocycles. The largest absolute Gasteiger partial charge is 0.491 e. The van der Waals surface area contributed by atoms with Gasteiger partial charge in [0.2, 0.25) is 0 Å². The van der Waals surface area contributed by atoms with Crippen LogP contribution >= 0.6 is 0 Å². The maximum Gasteiger partial charge on any atom is 0.257 e. The fourth-order valence-corrected chi connectivity index (χ4v) is 3.18. The summed E-state index contributed by atoms with van der Waals surface area (Å²) < 4.78 is 13.5. The predicted molar refractivity (Wildman–Crippen MR) is 94.7 cm³/mol. The van der Waals surface area contributed by atoms with Crippen molar-refractivity contribution in [3.8, 4) is 5.75 Å². The van der Waals surface area contributed by atoms with Gasteiger partial charge in [-0.1, -0.05) is 18.2 Å². The Balaban J connectivity index is 1.68. The van der Waals surface area contributed by atoms with Gasteiger partial charge in [0.15, 0.2) is 0 Å². The molecule has 6 heteroatoms. The molecule has 0 aliphatic carbocycles. The highest BCUT2D eigenvalue weighted by Crippen LogP contribution is 2.27. The quantitative estimate of drug-likeness (QED) is 0.809. The van der Waals surface area contributed by atoms with Gasteiger partial charge in [0, 0.05) is 26.4 Å². The van der Waals surface area contributed by atoms with Crippen molar-refractivity contribution in [3.63, 3.8) is 0 Å². The number of benzene rings is 1. The Labute approximate surface area is 148 Å². The smallest absolute Gasteiger partial charge is 0.257 e. The number of aryl methyl sites for hydroxylation is 1. The molecule has 0 bridgehead atoms. The average Bonchev–Trinajstić information content (AvgIpc) is 3.16. The van der Waals surface area contributed by atoms with Crippen LogP contribution in [0.15, 0.2) is 42.7 Å². The van der Waals surface area contributed by atoms with Crippen LogP contribution in [0.25, 0.3) is 0 Å². The fourth-order valence-electron chi connectivity index (χ4n) is 3.18. The predicted octanol–water partition coefficient (Wildman–Crippen LogP) is 2.60. The maximum atomic E-state index is 12.8. The van der Waals surface area contributed by atoms with E-state index in [0.717, 1.165) is 31.7 Å². The first-order chi connectivity index (χ1) is 12.2. The van der Waals surface area contributed by atoms with Crippen LogP contribution < -0.4 is 4.74 Å². The van der Waals surface area contributed by atoms with E-state index < -0.39 is 5.60 Å². The van der Waals surface area contributed by atoms with Crippen LogP contribution in [0.2, 0.25) is 0 Å². The van der Waals surface area contributed by atoms with E-state index in [2.05, 4.69) is 5.10 Å². The zero-order valence-corrected chi connectivity index (χ0v) is 14.9. The Hall–Kier alpha value is -2.34. The molecule has 1 saturated heterocycles. The Bertz CT molecular complexity index is 701. The van der Waals surface area contributed by atoms with E-state index in [1.54, 1.807) is 24.2 Å². The van der Waals surface area contributed by atoms with Crippen LogP contribution in [-0.4, -0.2) is 53.0 Å². The maximum absolute atomic E-state index is 12.8. The van der Waals surface area contributed by atoms with Crippen molar-refractivity contribution in [1.82, 2.24) is 14.7 Å². The standard InChI is InChI=1S/C19H25N3O3/c1-3-22-13-16(12-20-22)18(23)21-11-7-10-19(14-21,24-2)15-25-17-8-5-4-6-9-17/h4-6,8-9,12-13H,3,7,10-11,14-15H2,1-2H3. The molecule has 2 aromatic rings. The van der Waals surface area contributed by atoms with Crippen molar-refractivity contribution in [1.29, 1.82) is 0 Å². The molecule has 25 heavy (non-hydrogen) atoms. The van der Waals surface area contributed by atoms with Crippen molar-refractivity contribution >= 4 is 5.91 Å². The van der Waals surface area contributed by atoms with Gasteiger partial charge in [-0.2, -0.15) is 5.10 Å². The van der Waals surface area contributed by atoms with E-state index in [9.17, 15) is 4.79 Å². The number of ether oxygens (including phenoxy) is 2. The highest BCUT2D eigenvalue weighted by atomic mass is 16.5. The second kappa shape index (κ2) is 7.70. The van der Waals surface area contributed by atoms with Gasteiger partial charge in [0.05, 0.1) is 18.3 Å².